The predicted octanol–water partition coefficient (Wildman–Crippen LogP) is 14.2. The van der Waals surface area contributed by atoms with E-state index in [9.17, 15) is 0 Å². The second kappa shape index (κ2) is 12.8. The fourth-order valence-electron chi connectivity index (χ4n) is 8.45. The normalized spacial score (nSPS) is 14.5. The predicted molar refractivity (Wildman–Crippen MR) is 242 cm³/mol. The lowest BCUT2D eigenvalue weighted by atomic mass is 9.97. The summed E-state index contributed by atoms with van der Waals surface area (Å²) in [5.74, 6) is 1.45. The first-order valence-corrected chi connectivity index (χ1v) is 20.7. The molecule has 57 heavy (non-hydrogen) atoms. The van der Waals surface area contributed by atoms with Crippen LogP contribution in [0, 0.1) is 0 Å². The van der Waals surface area contributed by atoms with E-state index in [0.717, 1.165) is 55.6 Å². The minimum atomic E-state index is -0.356. The summed E-state index contributed by atoms with van der Waals surface area (Å²) in [5.41, 5.74) is 9.36. The quantitative estimate of drug-likeness (QED) is 0.190. The smallest absolute Gasteiger partial charge is 0.160 e. The summed E-state index contributed by atoms with van der Waals surface area (Å²) in [6.07, 6.45) is -0.356. The third kappa shape index (κ3) is 5.33. The highest BCUT2D eigenvalue weighted by atomic mass is 32.1. The molecule has 0 fully saturated rings. The Kier molecular flexibility index (Phi) is 7.30. The van der Waals surface area contributed by atoms with Gasteiger partial charge in [0.05, 0.1) is 0 Å². The molecule has 1 aliphatic heterocycles. The maximum absolute atomic E-state index is 6.67. The third-order valence-electron chi connectivity index (χ3n) is 11.2. The van der Waals surface area contributed by atoms with E-state index < -0.39 is 0 Å². The highest BCUT2D eigenvalue weighted by molar-refractivity contribution is 7.26. The molecule has 1 N–H and O–H groups in total. The minimum absolute atomic E-state index is 0.356. The van der Waals surface area contributed by atoms with E-state index in [1.807, 2.05) is 40.9 Å². The molecule has 0 saturated carbocycles. The molecule has 0 radical (unpaired) electrons. The van der Waals surface area contributed by atoms with Gasteiger partial charge in [-0.2, -0.15) is 0 Å². The summed E-state index contributed by atoms with van der Waals surface area (Å²) in [7, 11) is 0. The average Bonchev–Trinajstić information content (AvgIpc) is 3.97. The number of nitrogens with zero attached hydrogens (tertiary/aromatic N) is 2. The van der Waals surface area contributed by atoms with E-state index in [2.05, 4.69) is 163 Å². The lowest BCUT2D eigenvalue weighted by molar-refractivity contribution is 0.668. The van der Waals surface area contributed by atoms with Gasteiger partial charge in [0.25, 0.3) is 0 Å². The van der Waals surface area contributed by atoms with Gasteiger partial charge in [-0.25, -0.2) is 9.98 Å². The Labute approximate surface area is 335 Å². The first-order chi connectivity index (χ1) is 28.2. The second-order valence-electron chi connectivity index (χ2n) is 14.5. The fourth-order valence-corrected chi connectivity index (χ4v) is 10.7. The van der Waals surface area contributed by atoms with Gasteiger partial charge in [-0.3, -0.25) is 0 Å². The van der Waals surface area contributed by atoms with Crippen molar-refractivity contribution in [3.8, 4) is 22.3 Å². The molecular weight excluding hydrogens is 735 g/mol. The van der Waals surface area contributed by atoms with Gasteiger partial charge in [0, 0.05) is 62.2 Å². The molecule has 6 heteroatoms. The molecule has 0 bridgehead atoms. The molecule has 1 unspecified atom stereocenters. The van der Waals surface area contributed by atoms with Gasteiger partial charge in [0.2, 0.25) is 0 Å². The summed E-state index contributed by atoms with van der Waals surface area (Å²) < 4.78 is 11.8. The zero-order valence-corrected chi connectivity index (χ0v) is 32.1. The number of rotatable bonds is 5. The number of nitrogens with one attached hydrogen (secondary N) is 1. The molecule has 4 nitrogen and oxygen atoms in total. The van der Waals surface area contributed by atoms with Gasteiger partial charge < -0.3 is 9.73 Å². The fraction of sp³-hybridized carbons (Fsp3) is 0.0196. The number of thiophene rings is 2. The van der Waals surface area contributed by atoms with Crippen molar-refractivity contribution in [1.82, 2.24) is 5.32 Å². The molecule has 0 spiro atoms. The first-order valence-electron chi connectivity index (χ1n) is 19.1. The lowest BCUT2D eigenvalue weighted by Crippen LogP contribution is -2.33. The summed E-state index contributed by atoms with van der Waals surface area (Å²) in [6.45, 7) is 0. The molecule has 12 rings (SSSR count). The Morgan fingerprint density at radius 2 is 1.11 bits per heavy atom. The zero-order chi connectivity index (χ0) is 37.5. The molecule has 11 aromatic rings. The van der Waals surface area contributed by atoms with E-state index >= 15 is 0 Å². The Balaban J connectivity index is 1.01. The highest BCUT2D eigenvalue weighted by Gasteiger charge is 2.25. The number of furan rings is 1. The number of aliphatic imine (C=N–C) groups is 2. The first kappa shape index (κ1) is 32.4. The molecule has 268 valence electrons. The topological polar surface area (TPSA) is 49.9 Å². The van der Waals surface area contributed by atoms with Gasteiger partial charge >= 0.3 is 0 Å². The maximum atomic E-state index is 6.67. The van der Waals surface area contributed by atoms with Crippen LogP contribution >= 0.6 is 22.7 Å². The van der Waals surface area contributed by atoms with Gasteiger partial charge in [0.15, 0.2) is 5.84 Å². The van der Waals surface area contributed by atoms with Crippen LogP contribution in [-0.4, -0.2) is 11.7 Å². The van der Waals surface area contributed by atoms with Crippen molar-refractivity contribution in [2.75, 3.05) is 0 Å². The van der Waals surface area contributed by atoms with Crippen LogP contribution in [0.5, 0.6) is 0 Å². The van der Waals surface area contributed by atoms with E-state index in [-0.39, 0.29) is 6.17 Å². The van der Waals surface area contributed by atoms with Gasteiger partial charge in [-0.15, -0.1) is 22.7 Å². The van der Waals surface area contributed by atoms with Crippen LogP contribution in [0.15, 0.2) is 190 Å². The van der Waals surface area contributed by atoms with Crippen LogP contribution in [0.1, 0.15) is 22.9 Å². The average molecular weight is 766 g/mol. The summed E-state index contributed by atoms with van der Waals surface area (Å²) in [6, 6.07) is 62.6. The molecule has 1 atom stereocenters. The Morgan fingerprint density at radius 3 is 1.98 bits per heavy atom. The summed E-state index contributed by atoms with van der Waals surface area (Å²) >= 11 is 3.67. The van der Waals surface area contributed by atoms with Crippen molar-refractivity contribution < 1.29 is 4.42 Å². The molecule has 0 saturated heterocycles. The van der Waals surface area contributed by atoms with E-state index in [4.69, 9.17) is 14.4 Å². The standard InChI is InChI=1S/C51H31N3OS2/c1-2-10-30(11-3-1)31-20-22-32(23-21-31)49-52-50(34-25-27-45-40(28-34)36-12-4-6-17-43(36)56-45)54-51(53-49)39-15-8-16-41-47(39)37-26-24-33(29-42(37)55-41)35-14-9-19-46-48(35)38-13-5-7-18-44(38)57-46/h1-29,50H,(H,52,53,54). The molecule has 0 aliphatic carbocycles. The van der Waals surface area contributed by atoms with Gasteiger partial charge in [0.1, 0.15) is 23.2 Å². The van der Waals surface area contributed by atoms with Gasteiger partial charge in [-0.05, 0) is 76.3 Å². The Morgan fingerprint density at radius 1 is 0.439 bits per heavy atom. The van der Waals surface area contributed by atoms with Crippen molar-refractivity contribution in [2.45, 2.75) is 6.17 Å². The lowest BCUT2D eigenvalue weighted by Gasteiger charge is -2.24. The van der Waals surface area contributed by atoms with Crippen LogP contribution < -0.4 is 5.32 Å². The monoisotopic (exact) mass is 765 g/mol. The molecule has 3 aromatic heterocycles. The summed E-state index contributed by atoms with van der Waals surface area (Å²) in [5, 5.41) is 10.9. The van der Waals surface area contributed by atoms with Crippen LogP contribution in [-0.2, 0) is 0 Å². The molecular formula is C51H31N3OS2. The molecule has 4 heterocycles. The second-order valence-corrected chi connectivity index (χ2v) is 16.7. The largest absolute Gasteiger partial charge is 0.456 e. The number of hydrogen-bond donors (Lipinski definition) is 1. The van der Waals surface area contributed by atoms with Gasteiger partial charge in [-0.1, -0.05) is 127 Å². The van der Waals surface area contributed by atoms with E-state index in [1.54, 1.807) is 0 Å². The molecule has 0 amide bonds. The van der Waals surface area contributed by atoms with Crippen LogP contribution in [0.4, 0.5) is 0 Å². The van der Waals surface area contributed by atoms with E-state index in [1.165, 1.54) is 51.5 Å². The van der Waals surface area contributed by atoms with E-state index in [0.29, 0.717) is 5.84 Å². The highest BCUT2D eigenvalue weighted by Crippen LogP contribution is 2.42. The number of hydrogen-bond acceptors (Lipinski definition) is 6. The van der Waals surface area contributed by atoms with Crippen molar-refractivity contribution >= 4 is 96.6 Å². The number of amidine groups is 2. The van der Waals surface area contributed by atoms with Crippen molar-refractivity contribution in [1.29, 1.82) is 0 Å². The van der Waals surface area contributed by atoms with Crippen LogP contribution in [0.2, 0.25) is 0 Å². The minimum Gasteiger partial charge on any atom is -0.456 e. The number of fused-ring (bicyclic) bond motifs is 9. The summed E-state index contributed by atoms with van der Waals surface area (Å²) in [4.78, 5) is 10.7. The molecule has 8 aromatic carbocycles. The maximum Gasteiger partial charge on any atom is 0.160 e. The van der Waals surface area contributed by atoms with Crippen LogP contribution in [0.25, 0.3) is 84.5 Å². The van der Waals surface area contributed by atoms with Crippen molar-refractivity contribution in [3.63, 3.8) is 0 Å². The van der Waals surface area contributed by atoms with Crippen molar-refractivity contribution in [2.24, 2.45) is 9.98 Å². The van der Waals surface area contributed by atoms with Crippen LogP contribution in [0.3, 0.4) is 0 Å². The SMILES string of the molecule is c1ccc(-c2ccc(C3=NC(c4cccc5oc6cc(-c7cccc8sc9ccccc9c78)ccc6c45)=NC(c4ccc5sc6ccccc6c5c4)N3)cc2)cc1. The Hall–Kier alpha value is -6.86. The zero-order valence-electron chi connectivity index (χ0n) is 30.4. The van der Waals surface area contributed by atoms with Crippen molar-refractivity contribution in [3.05, 3.63) is 193 Å². The number of benzene rings is 8. The molecule has 1 aliphatic rings. The Bertz CT molecular complexity index is 3440. The third-order valence-corrected chi connectivity index (χ3v) is 13.5.